The van der Waals surface area contributed by atoms with Crippen LogP contribution in [0.15, 0.2) is 30.6 Å². The van der Waals surface area contributed by atoms with E-state index < -0.39 is 0 Å². The molecule has 7 heteroatoms. The number of thiophene rings is 1. The van der Waals surface area contributed by atoms with Crippen LogP contribution in [0.25, 0.3) is 10.2 Å². The summed E-state index contributed by atoms with van der Waals surface area (Å²) in [7, 11) is 0. The summed E-state index contributed by atoms with van der Waals surface area (Å²) in [4.78, 5) is 14.0. The van der Waals surface area contributed by atoms with Crippen molar-refractivity contribution in [1.29, 1.82) is 0 Å². The van der Waals surface area contributed by atoms with Gasteiger partial charge in [0.05, 0.1) is 18.6 Å². The molecule has 0 radical (unpaired) electrons. The number of fused-ring (bicyclic) bond motifs is 3. The zero-order valence-corrected chi connectivity index (χ0v) is 17.3. The average molecular weight is 411 g/mol. The zero-order valence-electron chi connectivity index (χ0n) is 16.5. The second-order valence-corrected chi connectivity index (χ2v) is 8.61. The maximum atomic E-state index is 6.12. The molecular formula is C22H26N4O2S. The lowest BCUT2D eigenvalue weighted by molar-refractivity contribution is 0.0322. The zero-order chi connectivity index (χ0) is 19.5. The maximum Gasteiger partial charge on any atom is 0.138 e. The fourth-order valence-corrected chi connectivity index (χ4v) is 5.37. The Morgan fingerprint density at radius 3 is 2.97 bits per heavy atom. The highest BCUT2D eigenvalue weighted by Gasteiger charge is 2.21. The molecule has 0 spiro atoms. The standard InChI is InChI=1S/C22H26N4O2S/c1-2-6-18(28-13-10-26-8-11-27-12-9-26)16(4-1)14-23-21-20-17-5-3-7-19(17)29-22(20)25-15-24-21/h1-2,4,6,15H,3,5,7-14H2,(H,23,24,25). The minimum Gasteiger partial charge on any atom is -0.492 e. The fourth-order valence-electron chi connectivity index (χ4n) is 4.14. The van der Waals surface area contributed by atoms with Crippen LogP contribution in [-0.4, -0.2) is 54.3 Å². The van der Waals surface area contributed by atoms with Crippen molar-refractivity contribution in [1.82, 2.24) is 14.9 Å². The summed E-state index contributed by atoms with van der Waals surface area (Å²) in [5, 5.41) is 4.77. The summed E-state index contributed by atoms with van der Waals surface area (Å²) in [5.74, 6) is 1.88. The second-order valence-electron chi connectivity index (χ2n) is 7.52. The van der Waals surface area contributed by atoms with E-state index in [4.69, 9.17) is 9.47 Å². The summed E-state index contributed by atoms with van der Waals surface area (Å²) < 4.78 is 11.5. The van der Waals surface area contributed by atoms with Gasteiger partial charge in [-0.05, 0) is 30.9 Å². The SMILES string of the molecule is c1ccc(OCCN2CCOCC2)c(CNc2ncnc3sc4c(c23)CCC4)c1. The van der Waals surface area contributed by atoms with Crippen molar-refractivity contribution in [3.05, 3.63) is 46.6 Å². The van der Waals surface area contributed by atoms with Crippen LogP contribution in [0.1, 0.15) is 22.4 Å². The highest BCUT2D eigenvalue weighted by molar-refractivity contribution is 7.19. The van der Waals surface area contributed by atoms with Gasteiger partial charge in [-0.3, -0.25) is 4.90 Å². The number of aryl methyl sites for hydroxylation is 2. The third-order valence-corrected chi connectivity index (χ3v) is 6.89. The highest BCUT2D eigenvalue weighted by atomic mass is 32.1. The molecule has 2 aliphatic rings. The normalized spacial score (nSPS) is 16.8. The van der Waals surface area contributed by atoms with Crippen molar-refractivity contribution in [2.75, 3.05) is 44.8 Å². The lowest BCUT2D eigenvalue weighted by atomic mass is 10.1. The third-order valence-electron chi connectivity index (χ3n) is 5.69. The molecule has 0 unspecified atom stereocenters. The van der Waals surface area contributed by atoms with E-state index in [9.17, 15) is 0 Å². The summed E-state index contributed by atoms with van der Waals surface area (Å²) in [5.41, 5.74) is 2.59. The topological polar surface area (TPSA) is 59.5 Å². The predicted octanol–water partition coefficient (Wildman–Crippen LogP) is 3.50. The number of nitrogens with zero attached hydrogens (tertiary/aromatic N) is 3. The Morgan fingerprint density at radius 1 is 1.14 bits per heavy atom. The first-order valence-corrected chi connectivity index (χ1v) is 11.2. The highest BCUT2D eigenvalue weighted by Crippen LogP contribution is 2.39. The van der Waals surface area contributed by atoms with E-state index in [1.165, 1.54) is 28.7 Å². The molecule has 1 saturated heterocycles. The van der Waals surface area contributed by atoms with Crippen LogP contribution in [0.2, 0.25) is 0 Å². The molecule has 0 saturated carbocycles. The third kappa shape index (κ3) is 4.08. The molecule has 1 aliphatic carbocycles. The van der Waals surface area contributed by atoms with Gasteiger partial charge in [0.2, 0.25) is 0 Å². The van der Waals surface area contributed by atoms with Crippen LogP contribution in [0.4, 0.5) is 5.82 Å². The lowest BCUT2D eigenvalue weighted by Crippen LogP contribution is -2.38. The Bertz CT molecular complexity index is 984. The van der Waals surface area contributed by atoms with Crippen molar-refractivity contribution < 1.29 is 9.47 Å². The Hall–Kier alpha value is -2.22. The summed E-state index contributed by atoms with van der Waals surface area (Å²) in [6.45, 7) is 5.92. The molecule has 1 aliphatic heterocycles. The van der Waals surface area contributed by atoms with E-state index >= 15 is 0 Å². The van der Waals surface area contributed by atoms with Gasteiger partial charge in [-0.1, -0.05) is 18.2 Å². The first-order valence-electron chi connectivity index (χ1n) is 10.4. The van der Waals surface area contributed by atoms with E-state index in [0.717, 1.165) is 61.2 Å². The predicted molar refractivity (Wildman–Crippen MR) is 116 cm³/mol. The molecule has 0 bridgehead atoms. The maximum absolute atomic E-state index is 6.12. The molecule has 29 heavy (non-hydrogen) atoms. The summed E-state index contributed by atoms with van der Waals surface area (Å²) >= 11 is 1.82. The lowest BCUT2D eigenvalue weighted by Gasteiger charge is -2.26. The quantitative estimate of drug-likeness (QED) is 0.643. The van der Waals surface area contributed by atoms with Crippen LogP contribution < -0.4 is 10.1 Å². The number of nitrogens with one attached hydrogen (secondary N) is 1. The largest absolute Gasteiger partial charge is 0.492 e. The average Bonchev–Trinajstić information content (AvgIpc) is 3.35. The first kappa shape index (κ1) is 18.8. The molecule has 3 aromatic rings. The Morgan fingerprint density at radius 2 is 2.03 bits per heavy atom. The summed E-state index contributed by atoms with van der Waals surface area (Å²) in [6, 6.07) is 8.26. The van der Waals surface area contributed by atoms with Gasteiger partial charge in [0.1, 0.15) is 29.3 Å². The number of ether oxygens (including phenoxy) is 2. The molecule has 1 N–H and O–H groups in total. The monoisotopic (exact) mass is 410 g/mol. The van der Waals surface area contributed by atoms with Gasteiger partial charge in [-0.15, -0.1) is 11.3 Å². The molecule has 152 valence electrons. The second kappa shape index (κ2) is 8.65. The number of benzene rings is 1. The molecular weight excluding hydrogens is 384 g/mol. The van der Waals surface area contributed by atoms with Crippen LogP contribution in [0, 0.1) is 0 Å². The molecule has 1 aromatic carbocycles. The molecule has 0 atom stereocenters. The number of rotatable bonds is 7. The minimum atomic E-state index is 0.685. The van der Waals surface area contributed by atoms with Crippen LogP contribution in [0.5, 0.6) is 5.75 Å². The van der Waals surface area contributed by atoms with Gasteiger partial charge in [0.25, 0.3) is 0 Å². The molecule has 0 amide bonds. The Kier molecular flexibility index (Phi) is 5.60. The van der Waals surface area contributed by atoms with Crippen LogP contribution >= 0.6 is 11.3 Å². The number of hydrogen-bond donors (Lipinski definition) is 1. The molecule has 2 aromatic heterocycles. The van der Waals surface area contributed by atoms with Gasteiger partial charge in [0.15, 0.2) is 0 Å². The Balaban J connectivity index is 1.26. The van der Waals surface area contributed by atoms with Crippen LogP contribution in [-0.2, 0) is 24.1 Å². The molecule has 3 heterocycles. The van der Waals surface area contributed by atoms with Crippen molar-refractivity contribution >= 4 is 27.4 Å². The van der Waals surface area contributed by atoms with Crippen molar-refractivity contribution in [2.45, 2.75) is 25.8 Å². The van der Waals surface area contributed by atoms with Crippen molar-refractivity contribution in [3.8, 4) is 5.75 Å². The van der Waals surface area contributed by atoms with E-state index in [1.807, 2.05) is 23.5 Å². The van der Waals surface area contributed by atoms with Gasteiger partial charge in [0, 0.05) is 36.6 Å². The molecule has 1 fully saturated rings. The minimum absolute atomic E-state index is 0.685. The number of aromatic nitrogens is 2. The Labute approximate surface area is 174 Å². The van der Waals surface area contributed by atoms with Gasteiger partial charge >= 0.3 is 0 Å². The van der Waals surface area contributed by atoms with E-state index in [2.05, 4.69) is 32.3 Å². The van der Waals surface area contributed by atoms with Gasteiger partial charge in [-0.25, -0.2) is 9.97 Å². The molecule has 5 rings (SSSR count). The van der Waals surface area contributed by atoms with E-state index in [0.29, 0.717) is 13.2 Å². The van der Waals surface area contributed by atoms with Crippen LogP contribution in [0.3, 0.4) is 0 Å². The number of anilines is 1. The van der Waals surface area contributed by atoms with Gasteiger partial charge < -0.3 is 14.8 Å². The smallest absolute Gasteiger partial charge is 0.138 e. The fraction of sp³-hybridized carbons (Fsp3) is 0.455. The molecule has 6 nitrogen and oxygen atoms in total. The van der Waals surface area contributed by atoms with Crippen molar-refractivity contribution in [3.63, 3.8) is 0 Å². The number of para-hydroxylation sites is 1. The number of hydrogen-bond acceptors (Lipinski definition) is 7. The number of morpholine rings is 1. The van der Waals surface area contributed by atoms with E-state index in [-0.39, 0.29) is 0 Å². The summed E-state index contributed by atoms with van der Waals surface area (Å²) in [6.07, 6.45) is 5.22. The van der Waals surface area contributed by atoms with E-state index in [1.54, 1.807) is 6.33 Å². The van der Waals surface area contributed by atoms with Crippen molar-refractivity contribution in [2.24, 2.45) is 0 Å². The first-order chi connectivity index (χ1) is 14.4. The van der Waals surface area contributed by atoms with Gasteiger partial charge in [-0.2, -0.15) is 0 Å².